The highest BCUT2D eigenvalue weighted by molar-refractivity contribution is 14.1. The van der Waals surface area contributed by atoms with Crippen molar-refractivity contribution >= 4 is 28.4 Å². The lowest BCUT2D eigenvalue weighted by Crippen LogP contribution is -2.45. The zero-order valence-electron chi connectivity index (χ0n) is 11.4. The normalized spacial score (nSPS) is 16.8. The second-order valence-electron chi connectivity index (χ2n) is 4.97. The zero-order valence-corrected chi connectivity index (χ0v) is 13.5. The van der Waals surface area contributed by atoms with Crippen LogP contribution in [0.15, 0.2) is 24.3 Å². The Morgan fingerprint density at radius 3 is 2.53 bits per heavy atom. The molecule has 3 nitrogen and oxygen atoms in total. The highest BCUT2D eigenvalue weighted by Crippen LogP contribution is 2.13. The lowest BCUT2D eigenvalue weighted by atomic mass is 10.0. The van der Waals surface area contributed by atoms with E-state index in [1.807, 2.05) is 24.3 Å². The highest BCUT2D eigenvalue weighted by Gasteiger charge is 2.21. The van der Waals surface area contributed by atoms with Crippen LogP contribution >= 0.6 is 22.6 Å². The van der Waals surface area contributed by atoms with Gasteiger partial charge in [-0.05, 0) is 67.2 Å². The van der Waals surface area contributed by atoms with Gasteiger partial charge in [-0.2, -0.15) is 0 Å². The minimum atomic E-state index is 0.233. The van der Waals surface area contributed by atoms with E-state index in [0.717, 1.165) is 38.0 Å². The number of hydrogen-bond donors (Lipinski definition) is 1. The molecule has 1 aromatic rings. The molecule has 0 radical (unpaired) electrons. The van der Waals surface area contributed by atoms with Crippen molar-refractivity contribution in [1.29, 1.82) is 0 Å². The summed E-state index contributed by atoms with van der Waals surface area (Å²) in [5.41, 5.74) is 0.827. The minimum absolute atomic E-state index is 0.233. The Bertz CT molecular complexity index is 413. The summed E-state index contributed by atoms with van der Waals surface area (Å²) in [5.74, 6) is 0.233. The molecule has 1 saturated heterocycles. The van der Waals surface area contributed by atoms with E-state index in [4.69, 9.17) is 0 Å². The van der Waals surface area contributed by atoms with Gasteiger partial charge in [-0.1, -0.05) is 19.1 Å². The van der Waals surface area contributed by atoms with Crippen molar-refractivity contribution < 1.29 is 4.79 Å². The van der Waals surface area contributed by atoms with E-state index < -0.39 is 0 Å². The largest absolute Gasteiger partial charge is 0.317 e. The number of halogens is 1. The van der Waals surface area contributed by atoms with Crippen LogP contribution in [0.3, 0.4) is 0 Å². The van der Waals surface area contributed by atoms with Gasteiger partial charge in [0.15, 0.2) is 5.78 Å². The van der Waals surface area contributed by atoms with Crippen LogP contribution < -0.4 is 5.32 Å². The summed E-state index contributed by atoms with van der Waals surface area (Å²) in [6.45, 7) is 5.77. The van der Waals surface area contributed by atoms with E-state index in [1.54, 1.807) is 0 Å². The predicted molar refractivity (Wildman–Crippen MR) is 86.6 cm³/mol. The quantitative estimate of drug-likeness (QED) is 0.637. The molecule has 1 heterocycles. The van der Waals surface area contributed by atoms with E-state index in [1.165, 1.54) is 3.57 Å². The first-order valence-electron chi connectivity index (χ1n) is 6.94. The van der Waals surface area contributed by atoms with Gasteiger partial charge in [0.2, 0.25) is 0 Å². The van der Waals surface area contributed by atoms with Crippen LogP contribution in [0.5, 0.6) is 0 Å². The Morgan fingerprint density at radius 1 is 1.32 bits per heavy atom. The van der Waals surface area contributed by atoms with Gasteiger partial charge in [0.1, 0.15) is 0 Å². The minimum Gasteiger partial charge on any atom is -0.317 e. The van der Waals surface area contributed by atoms with Crippen molar-refractivity contribution in [3.8, 4) is 0 Å². The number of nitrogens with one attached hydrogen (secondary N) is 1. The first kappa shape index (κ1) is 14.9. The second-order valence-corrected chi connectivity index (χ2v) is 6.22. The Labute approximate surface area is 128 Å². The van der Waals surface area contributed by atoms with Crippen LogP contribution in [0, 0.1) is 3.57 Å². The molecule has 0 spiro atoms. The fraction of sp³-hybridized carbons (Fsp3) is 0.533. The van der Waals surface area contributed by atoms with Crippen molar-refractivity contribution in [1.82, 2.24) is 10.2 Å². The molecule has 0 unspecified atom stereocenters. The van der Waals surface area contributed by atoms with Gasteiger partial charge in [0, 0.05) is 15.2 Å². The van der Waals surface area contributed by atoms with Gasteiger partial charge >= 0.3 is 0 Å². The summed E-state index contributed by atoms with van der Waals surface area (Å²) in [6, 6.07) is 8.41. The van der Waals surface area contributed by atoms with Gasteiger partial charge in [0.25, 0.3) is 0 Å². The zero-order chi connectivity index (χ0) is 13.7. The average molecular weight is 372 g/mol. The summed E-state index contributed by atoms with van der Waals surface area (Å²) in [7, 11) is 0. The smallest absolute Gasteiger partial charge is 0.176 e. The lowest BCUT2D eigenvalue weighted by Gasteiger charge is -2.33. The van der Waals surface area contributed by atoms with Crippen molar-refractivity contribution in [2.45, 2.75) is 25.8 Å². The lowest BCUT2D eigenvalue weighted by molar-refractivity contribution is 0.0874. The first-order valence-corrected chi connectivity index (χ1v) is 8.02. The van der Waals surface area contributed by atoms with E-state index in [2.05, 4.69) is 39.7 Å². The number of carbonyl (C=O) groups is 1. The molecule has 1 aliphatic heterocycles. The summed E-state index contributed by atoms with van der Waals surface area (Å²) in [4.78, 5) is 14.6. The third kappa shape index (κ3) is 4.26. The molecular weight excluding hydrogens is 351 g/mol. The van der Waals surface area contributed by atoms with Gasteiger partial charge in [0.05, 0.1) is 6.54 Å². The molecule has 2 rings (SSSR count). The van der Waals surface area contributed by atoms with Crippen LogP contribution in [0.25, 0.3) is 0 Å². The molecule has 19 heavy (non-hydrogen) atoms. The van der Waals surface area contributed by atoms with Crippen LogP contribution in [0.4, 0.5) is 0 Å². The van der Waals surface area contributed by atoms with E-state index in [0.29, 0.717) is 12.6 Å². The third-order valence-electron chi connectivity index (χ3n) is 3.74. The molecule has 0 atom stereocenters. The number of benzene rings is 1. The number of nitrogens with zero attached hydrogens (tertiary/aromatic N) is 1. The molecule has 104 valence electrons. The second kappa shape index (κ2) is 7.36. The number of hydrogen-bond acceptors (Lipinski definition) is 3. The van der Waals surface area contributed by atoms with E-state index in [-0.39, 0.29) is 5.78 Å². The van der Waals surface area contributed by atoms with Crippen LogP contribution in [-0.4, -0.2) is 42.9 Å². The number of piperidine rings is 1. The molecule has 1 aliphatic rings. The summed E-state index contributed by atoms with van der Waals surface area (Å²) in [6.07, 6.45) is 2.29. The average Bonchev–Trinajstić information content (AvgIpc) is 2.46. The maximum Gasteiger partial charge on any atom is 0.176 e. The molecule has 1 N–H and O–H groups in total. The SMILES string of the molecule is CCN(CC(=O)c1ccc(I)cc1)C1CCNCC1. The fourth-order valence-corrected chi connectivity index (χ4v) is 2.94. The standard InChI is InChI=1S/C15H21IN2O/c1-2-18(14-7-9-17-10-8-14)11-15(19)12-3-5-13(16)6-4-12/h3-6,14,17H,2,7-11H2,1H3. The Morgan fingerprint density at radius 2 is 1.95 bits per heavy atom. The molecule has 4 heteroatoms. The first-order chi connectivity index (χ1) is 9.20. The van der Waals surface area contributed by atoms with E-state index >= 15 is 0 Å². The van der Waals surface area contributed by atoms with Crippen molar-refractivity contribution in [3.05, 3.63) is 33.4 Å². The van der Waals surface area contributed by atoms with Gasteiger partial charge in [-0.15, -0.1) is 0 Å². The fourth-order valence-electron chi connectivity index (χ4n) is 2.58. The van der Waals surface area contributed by atoms with Crippen molar-refractivity contribution in [2.75, 3.05) is 26.2 Å². The topological polar surface area (TPSA) is 32.3 Å². The Balaban J connectivity index is 1.97. The number of ketones is 1. The molecule has 1 aromatic carbocycles. The molecule has 0 aromatic heterocycles. The highest BCUT2D eigenvalue weighted by atomic mass is 127. The summed E-state index contributed by atoms with van der Waals surface area (Å²) >= 11 is 2.26. The van der Waals surface area contributed by atoms with E-state index in [9.17, 15) is 4.79 Å². The molecule has 0 aliphatic carbocycles. The third-order valence-corrected chi connectivity index (χ3v) is 4.46. The van der Waals surface area contributed by atoms with Gasteiger partial charge < -0.3 is 5.32 Å². The van der Waals surface area contributed by atoms with Crippen molar-refractivity contribution in [2.24, 2.45) is 0 Å². The van der Waals surface area contributed by atoms with Crippen LogP contribution in [0.1, 0.15) is 30.1 Å². The number of likely N-dealkylation sites (N-methyl/N-ethyl adjacent to an activating group) is 1. The van der Waals surface area contributed by atoms with Crippen LogP contribution in [-0.2, 0) is 0 Å². The summed E-state index contributed by atoms with van der Waals surface area (Å²) in [5, 5.41) is 3.37. The summed E-state index contributed by atoms with van der Waals surface area (Å²) < 4.78 is 1.17. The molecule has 0 saturated carbocycles. The number of carbonyl (C=O) groups excluding carboxylic acids is 1. The molecule has 0 bridgehead atoms. The predicted octanol–water partition coefficient (Wildman–Crippen LogP) is 2.55. The molecular formula is C15H21IN2O. The molecule has 1 fully saturated rings. The number of Topliss-reactive ketones (excluding diaryl/α,β-unsaturated/α-hetero) is 1. The maximum atomic E-state index is 12.3. The van der Waals surface area contributed by atoms with Crippen molar-refractivity contribution in [3.63, 3.8) is 0 Å². The maximum absolute atomic E-state index is 12.3. The number of rotatable bonds is 5. The Hall–Kier alpha value is -0.460. The van der Waals surface area contributed by atoms with Gasteiger partial charge in [-0.3, -0.25) is 9.69 Å². The Kier molecular flexibility index (Phi) is 5.78. The van der Waals surface area contributed by atoms with Crippen LogP contribution in [0.2, 0.25) is 0 Å². The van der Waals surface area contributed by atoms with Gasteiger partial charge in [-0.25, -0.2) is 0 Å². The molecule has 0 amide bonds. The monoisotopic (exact) mass is 372 g/mol.